The number of carboxylic acids is 1. The quantitative estimate of drug-likeness (QED) is 0.351. The monoisotopic (exact) mass is 232 g/mol. The minimum absolute atomic E-state index is 0.0266. The van der Waals surface area contributed by atoms with Crippen molar-refractivity contribution in [3.63, 3.8) is 0 Å². The van der Waals surface area contributed by atoms with Crippen LogP contribution in [0.1, 0.15) is 16.8 Å². The third kappa shape index (κ3) is 3.11. The summed E-state index contributed by atoms with van der Waals surface area (Å²) in [6, 6.07) is 8.15. The van der Waals surface area contributed by atoms with Crippen molar-refractivity contribution in [1.29, 1.82) is 0 Å². The Labute approximate surface area is 98.6 Å². The highest BCUT2D eigenvalue weighted by Gasteiger charge is 2.30. The molecule has 1 atom stereocenters. The Bertz CT molecular complexity index is 448. The molecule has 1 rings (SSSR count). The van der Waals surface area contributed by atoms with E-state index >= 15 is 0 Å². The molecular formula is C13H12O4. The van der Waals surface area contributed by atoms with Crippen molar-refractivity contribution < 1.29 is 19.5 Å². The van der Waals surface area contributed by atoms with Crippen molar-refractivity contribution in [3.8, 4) is 0 Å². The molecule has 0 bridgehead atoms. The summed E-state index contributed by atoms with van der Waals surface area (Å²) in [5, 5.41) is 8.64. The summed E-state index contributed by atoms with van der Waals surface area (Å²) < 4.78 is 0. The number of hydrogen-bond donors (Lipinski definition) is 1. The van der Waals surface area contributed by atoms with Gasteiger partial charge in [-0.1, -0.05) is 36.4 Å². The van der Waals surface area contributed by atoms with Crippen molar-refractivity contribution in [3.05, 3.63) is 48.6 Å². The maximum Gasteiger partial charge on any atom is 0.372 e. The van der Waals surface area contributed by atoms with E-state index in [-0.39, 0.29) is 6.42 Å². The second kappa shape index (κ2) is 5.75. The number of hydrogen-bond acceptors (Lipinski definition) is 3. The van der Waals surface area contributed by atoms with Crippen LogP contribution in [0.15, 0.2) is 43.0 Å². The SMILES string of the molecule is C=CCC(C(=O)C(=O)O)C(=O)c1ccccc1. The molecule has 1 aromatic carbocycles. The van der Waals surface area contributed by atoms with Crippen LogP contribution in [0, 0.1) is 5.92 Å². The first-order chi connectivity index (χ1) is 8.07. The first kappa shape index (κ1) is 12.8. The highest BCUT2D eigenvalue weighted by atomic mass is 16.4. The van der Waals surface area contributed by atoms with E-state index in [1.165, 1.54) is 6.08 Å². The third-order valence-corrected chi connectivity index (χ3v) is 2.30. The summed E-state index contributed by atoms with van der Waals surface area (Å²) in [5.74, 6) is -4.37. The lowest BCUT2D eigenvalue weighted by atomic mass is 9.91. The number of carbonyl (C=O) groups is 3. The van der Waals surface area contributed by atoms with Gasteiger partial charge in [-0.05, 0) is 6.42 Å². The van der Waals surface area contributed by atoms with Gasteiger partial charge in [-0.15, -0.1) is 6.58 Å². The van der Waals surface area contributed by atoms with E-state index in [0.29, 0.717) is 5.56 Å². The van der Waals surface area contributed by atoms with Gasteiger partial charge in [-0.25, -0.2) is 4.79 Å². The highest BCUT2D eigenvalue weighted by Crippen LogP contribution is 2.14. The van der Waals surface area contributed by atoms with E-state index in [0.717, 1.165) is 0 Å². The van der Waals surface area contributed by atoms with Gasteiger partial charge in [0.25, 0.3) is 5.78 Å². The molecule has 0 radical (unpaired) electrons. The number of carbonyl (C=O) groups excluding carboxylic acids is 2. The van der Waals surface area contributed by atoms with Gasteiger partial charge in [0.1, 0.15) is 0 Å². The van der Waals surface area contributed by atoms with E-state index in [9.17, 15) is 14.4 Å². The van der Waals surface area contributed by atoms with Crippen LogP contribution in [0.25, 0.3) is 0 Å². The van der Waals surface area contributed by atoms with Crippen LogP contribution >= 0.6 is 0 Å². The maximum absolute atomic E-state index is 11.9. The van der Waals surface area contributed by atoms with E-state index in [1.807, 2.05) is 0 Å². The number of rotatable bonds is 6. The van der Waals surface area contributed by atoms with Crippen LogP contribution in [-0.2, 0) is 9.59 Å². The fourth-order valence-electron chi connectivity index (χ4n) is 1.45. The molecule has 0 amide bonds. The van der Waals surface area contributed by atoms with Crippen molar-refractivity contribution in [2.75, 3.05) is 0 Å². The number of carboxylic acid groups (broad SMARTS) is 1. The fraction of sp³-hybridized carbons (Fsp3) is 0.154. The summed E-state index contributed by atoms with van der Waals surface area (Å²) >= 11 is 0. The van der Waals surface area contributed by atoms with Crippen molar-refractivity contribution in [1.82, 2.24) is 0 Å². The van der Waals surface area contributed by atoms with Crippen LogP contribution in [-0.4, -0.2) is 22.6 Å². The molecule has 0 aliphatic rings. The van der Waals surface area contributed by atoms with E-state index < -0.39 is 23.5 Å². The van der Waals surface area contributed by atoms with Gasteiger partial charge in [0.2, 0.25) is 0 Å². The Hall–Kier alpha value is -2.23. The molecule has 17 heavy (non-hydrogen) atoms. The lowest BCUT2D eigenvalue weighted by Crippen LogP contribution is -2.29. The Morgan fingerprint density at radius 2 is 1.82 bits per heavy atom. The molecular weight excluding hydrogens is 220 g/mol. The molecule has 4 heteroatoms. The molecule has 0 spiro atoms. The van der Waals surface area contributed by atoms with Crippen molar-refractivity contribution >= 4 is 17.5 Å². The Morgan fingerprint density at radius 3 is 2.29 bits per heavy atom. The number of benzene rings is 1. The van der Waals surface area contributed by atoms with Gasteiger partial charge in [0.05, 0.1) is 5.92 Å². The van der Waals surface area contributed by atoms with E-state index in [4.69, 9.17) is 5.11 Å². The van der Waals surface area contributed by atoms with Crippen LogP contribution in [0.5, 0.6) is 0 Å². The molecule has 1 N–H and O–H groups in total. The zero-order valence-electron chi connectivity index (χ0n) is 9.13. The van der Waals surface area contributed by atoms with E-state index in [1.54, 1.807) is 30.3 Å². The molecule has 0 aliphatic heterocycles. The van der Waals surface area contributed by atoms with E-state index in [2.05, 4.69) is 6.58 Å². The Morgan fingerprint density at radius 1 is 1.24 bits per heavy atom. The normalized spacial score (nSPS) is 11.5. The predicted octanol–water partition coefficient (Wildman–Crippen LogP) is 1.72. The summed E-state index contributed by atoms with van der Waals surface area (Å²) in [6.45, 7) is 3.42. The molecule has 1 aromatic rings. The summed E-state index contributed by atoms with van der Waals surface area (Å²) in [6.07, 6.45) is 1.39. The summed E-state index contributed by atoms with van der Waals surface area (Å²) in [4.78, 5) is 33.9. The van der Waals surface area contributed by atoms with Crippen LogP contribution in [0.3, 0.4) is 0 Å². The Kier molecular flexibility index (Phi) is 4.34. The standard InChI is InChI=1S/C13H12O4/c1-2-6-10(12(15)13(16)17)11(14)9-7-4-3-5-8-9/h2-5,7-8,10H,1,6H2,(H,16,17). The average molecular weight is 232 g/mol. The number of aliphatic carboxylic acids is 1. The lowest BCUT2D eigenvalue weighted by molar-refractivity contribution is -0.150. The van der Waals surface area contributed by atoms with Gasteiger partial charge < -0.3 is 5.11 Å². The smallest absolute Gasteiger partial charge is 0.372 e. The zero-order chi connectivity index (χ0) is 12.8. The molecule has 0 aromatic heterocycles. The highest BCUT2D eigenvalue weighted by molar-refractivity contribution is 6.38. The topological polar surface area (TPSA) is 71.4 Å². The zero-order valence-corrected chi connectivity index (χ0v) is 9.13. The number of Topliss-reactive ketones (excluding diaryl/α,β-unsaturated/α-hetero) is 2. The fourth-order valence-corrected chi connectivity index (χ4v) is 1.45. The molecule has 88 valence electrons. The van der Waals surface area contributed by atoms with Crippen LogP contribution < -0.4 is 0 Å². The lowest BCUT2D eigenvalue weighted by Gasteiger charge is -2.09. The molecule has 4 nitrogen and oxygen atoms in total. The minimum Gasteiger partial charge on any atom is -0.475 e. The molecule has 0 saturated heterocycles. The molecule has 0 heterocycles. The van der Waals surface area contributed by atoms with Gasteiger partial charge >= 0.3 is 5.97 Å². The third-order valence-electron chi connectivity index (χ3n) is 2.30. The number of allylic oxidation sites excluding steroid dienone is 1. The first-order valence-electron chi connectivity index (χ1n) is 5.05. The summed E-state index contributed by atoms with van der Waals surface area (Å²) in [7, 11) is 0. The maximum atomic E-state index is 11.9. The van der Waals surface area contributed by atoms with Gasteiger partial charge in [-0.2, -0.15) is 0 Å². The van der Waals surface area contributed by atoms with Crippen LogP contribution in [0.4, 0.5) is 0 Å². The first-order valence-corrected chi connectivity index (χ1v) is 5.05. The van der Waals surface area contributed by atoms with Gasteiger partial charge in [-0.3, -0.25) is 9.59 Å². The minimum atomic E-state index is -1.60. The van der Waals surface area contributed by atoms with Gasteiger partial charge in [0, 0.05) is 5.56 Å². The average Bonchev–Trinajstić information content (AvgIpc) is 2.35. The molecule has 0 saturated carbocycles. The van der Waals surface area contributed by atoms with Crippen molar-refractivity contribution in [2.45, 2.75) is 6.42 Å². The molecule has 0 fully saturated rings. The largest absolute Gasteiger partial charge is 0.475 e. The second-order valence-electron chi connectivity index (χ2n) is 3.48. The number of ketones is 2. The van der Waals surface area contributed by atoms with Crippen molar-refractivity contribution in [2.24, 2.45) is 5.92 Å². The molecule has 1 unspecified atom stereocenters. The second-order valence-corrected chi connectivity index (χ2v) is 3.48. The predicted molar refractivity (Wildman–Crippen MR) is 61.7 cm³/mol. The van der Waals surface area contributed by atoms with Gasteiger partial charge in [0.15, 0.2) is 5.78 Å². The Balaban J connectivity index is 3.00. The summed E-state index contributed by atoms with van der Waals surface area (Å²) in [5.41, 5.74) is 0.328. The molecule has 0 aliphatic carbocycles. The van der Waals surface area contributed by atoms with Crippen LogP contribution in [0.2, 0.25) is 0 Å².